The molecule has 0 bridgehead atoms. The van der Waals surface area contributed by atoms with Crippen LogP contribution in [0.4, 0.5) is 5.82 Å². The Labute approximate surface area is 167 Å². The number of allylic oxidation sites excluding steroid dienone is 1. The highest BCUT2D eigenvalue weighted by atomic mass is 16.1. The van der Waals surface area contributed by atoms with E-state index in [2.05, 4.69) is 23.4 Å². The first-order valence-electron chi connectivity index (χ1n) is 10.7. The molecule has 28 heavy (non-hydrogen) atoms. The molecule has 1 saturated carbocycles. The number of anilines is 1. The molecular formula is C23H32N4O. The van der Waals surface area contributed by atoms with E-state index in [0.29, 0.717) is 0 Å². The zero-order valence-corrected chi connectivity index (χ0v) is 16.9. The molecule has 5 nitrogen and oxygen atoms in total. The molecule has 2 heterocycles. The molecule has 2 atom stereocenters. The monoisotopic (exact) mass is 380 g/mol. The van der Waals surface area contributed by atoms with Crippen LogP contribution in [0.2, 0.25) is 0 Å². The minimum atomic E-state index is -0.146. The van der Waals surface area contributed by atoms with Crippen molar-refractivity contribution in [3.63, 3.8) is 0 Å². The number of para-hydroxylation sites is 2. The van der Waals surface area contributed by atoms with Crippen LogP contribution in [-0.4, -0.2) is 34.1 Å². The Morgan fingerprint density at radius 1 is 1.21 bits per heavy atom. The number of fused-ring (bicyclic) bond motifs is 1. The van der Waals surface area contributed by atoms with Crippen molar-refractivity contribution in [2.24, 2.45) is 11.8 Å². The summed E-state index contributed by atoms with van der Waals surface area (Å²) in [6.07, 6.45) is 6.99. The zero-order chi connectivity index (χ0) is 19.7. The molecule has 5 heteroatoms. The van der Waals surface area contributed by atoms with Gasteiger partial charge in [-0.05, 0) is 69.0 Å². The fourth-order valence-corrected chi connectivity index (χ4v) is 5.24. The molecule has 2 aliphatic rings. The summed E-state index contributed by atoms with van der Waals surface area (Å²) in [6, 6.07) is 8.01. The highest BCUT2D eigenvalue weighted by Crippen LogP contribution is 2.34. The highest BCUT2D eigenvalue weighted by Gasteiger charge is 2.26. The Bertz CT molecular complexity index is 910. The molecule has 1 saturated heterocycles. The summed E-state index contributed by atoms with van der Waals surface area (Å²) in [7, 11) is 0. The molecule has 0 radical (unpaired) electrons. The van der Waals surface area contributed by atoms with Gasteiger partial charge < -0.3 is 15.2 Å². The van der Waals surface area contributed by atoms with E-state index in [-0.39, 0.29) is 17.4 Å². The molecule has 1 aliphatic heterocycles. The van der Waals surface area contributed by atoms with Gasteiger partial charge in [-0.15, -0.1) is 0 Å². The van der Waals surface area contributed by atoms with Crippen LogP contribution >= 0.6 is 0 Å². The smallest absolute Gasteiger partial charge is 0.293 e. The third-order valence-electron chi connectivity index (χ3n) is 6.55. The number of aromatic nitrogens is 2. The van der Waals surface area contributed by atoms with E-state index in [1.165, 1.54) is 31.3 Å². The van der Waals surface area contributed by atoms with Crippen molar-refractivity contribution >= 4 is 16.9 Å². The summed E-state index contributed by atoms with van der Waals surface area (Å²) >= 11 is 0. The average molecular weight is 381 g/mol. The Balaban J connectivity index is 1.40. The first-order chi connectivity index (χ1) is 13.5. The Morgan fingerprint density at radius 3 is 2.71 bits per heavy atom. The second-order valence-electron chi connectivity index (χ2n) is 8.89. The standard InChI is InChI=1S/C23H32N4O/c1-16-13-17(2)15-18(14-16)7-10-26-11-8-19(9-12-26)27-21-6-4-3-5-20(21)25-22(24)23(27)28/h3-6,17-19H,1,7-15H2,2H3,(H2,24,25). The lowest BCUT2D eigenvalue weighted by Gasteiger charge is -2.35. The van der Waals surface area contributed by atoms with Crippen molar-refractivity contribution in [1.82, 2.24) is 14.5 Å². The molecule has 0 amide bonds. The van der Waals surface area contributed by atoms with E-state index in [4.69, 9.17) is 5.73 Å². The van der Waals surface area contributed by atoms with Gasteiger partial charge in [0.2, 0.25) is 0 Å². The van der Waals surface area contributed by atoms with Gasteiger partial charge in [0, 0.05) is 19.1 Å². The minimum absolute atomic E-state index is 0.104. The highest BCUT2D eigenvalue weighted by molar-refractivity contribution is 5.76. The van der Waals surface area contributed by atoms with Gasteiger partial charge in [0.15, 0.2) is 5.82 Å². The van der Waals surface area contributed by atoms with Crippen LogP contribution in [0.3, 0.4) is 0 Å². The van der Waals surface area contributed by atoms with Crippen molar-refractivity contribution in [2.75, 3.05) is 25.4 Å². The summed E-state index contributed by atoms with van der Waals surface area (Å²) in [4.78, 5) is 19.5. The largest absolute Gasteiger partial charge is 0.379 e. The molecular weight excluding hydrogens is 348 g/mol. The Hall–Kier alpha value is -2.14. The molecule has 2 N–H and O–H groups in total. The fraction of sp³-hybridized carbons (Fsp3) is 0.565. The van der Waals surface area contributed by atoms with Gasteiger partial charge in [0.25, 0.3) is 5.56 Å². The number of nitrogens with two attached hydrogens (primary N) is 1. The third kappa shape index (κ3) is 4.00. The molecule has 150 valence electrons. The molecule has 2 unspecified atom stereocenters. The van der Waals surface area contributed by atoms with Gasteiger partial charge in [-0.1, -0.05) is 31.2 Å². The second-order valence-corrected chi connectivity index (χ2v) is 8.89. The van der Waals surface area contributed by atoms with Crippen LogP contribution in [0.1, 0.15) is 51.5 Å². The van der Waals surface area contributed by atoms with E-state index in [1.807, 2.05) is 28.8 Å². The topological polar surface area (TPSA) is 64.2 Å². The van der Waals surface area contributed by atoms with E-state index >= 15 is 0 Å². The van der Waals surface area contributed by atoms with Gasteiger partial charge in [-0.2, -0.15) is 0 Å². The van der Waals surface area contributed by atoms with Crippen LogP contribution in [0.15, 0.2) is 41.2 Å². The Kier molecular flexibility index (Phi) is 5.54. The summed E-state index contributed by atoms with van der Waals surface area (Å²) in [5.41, 5.74) is 8.90. The van der Waals surface area contributed by atoms with Gasteiger partial charge in [0.05, 0.1) is 11.0 Å². The maximum absolute atomic E-state index is 12.7. The summed E-state index contributed by atoms with van der Waals surface area (Å²) in [6.45, 7) is 9.82. The van der Waals surface area contributed by atoms with Crippen molar-refractivity contribution in [3.05, 3.63) is 46.8 Å². The molecule has 1 aromatic heterocycles. The number of nitrogens with zero attached hydrogens (tertiary/aromatic N) is 3. The summed E-state index contributed by atoms with van der Waals surface area (Å²) in [5.74, 6) is 1.68. The van der Waals surface area contributed by atoms with Crippen LogP contribution in [0.5, 0.6) is 0 Å². The number of piperidine rings is 1. The van der Waals surface area contributed by atoms with E-state index in [1.54, 1.807) is 0 Å². The minimum Gasteiger partial charge on any atom is -0.379 e. The third-order valence-corrected chi connectivity index (χ3v) is 6.55. The van der Waals surface area contributed by atoms with E-state index < -0.39 is 0 Å². The van der Waals surface area contributed by atoms with Crippen LogP contribution in [0.25, 0.3) is 11.0 Å². The number of nitrogen functional groups attached to an aromatic ring is 1. The van der Waals surface area contributed by atoms with Crippen LogP contribution in [0, 0.1) is 11.8 Å². The molecule has 1 aromatic carbocycles. The molecule has 1 aliphatic carbocycles. The van der Waals surface area contributed by atoms with Gasteiger partial charge in [-0.3, -0.25) is 4.79 Å². The average Bonchev–Trinajstić information content (AvgIpc) is 2.67. The van der Waals surface area contributed by atoms with E-state index in [9.17, 15) is 4.79 Å². The molecule has 2 aromatic rings. The lowest BCUT2D eigenvalue weighted by molar-refractivity contribution is 0.169. The maximum atomic E-state index is 12.7. The SMILES string of the molecule is C=C1CC(C)CC(CCN2CCC(n3c(=O)c(N)nc4ccccc43)CC2)C1. The number of hydrogen-bond acceptors (Lipinski definition) is 4. The number of rotatable bonds is 4. The zero-order valence-electron chi connectivity index (χ0n) is 16.9. The lowest BCUT2D eigenvalue weighted by Crippen LogP contribution is -2.39. The number of benzene rings is 1. The van der Waals surface area contributed by atoms with E-state index in [0.717, 1.165) is 55.3 Å². The van der Waals surface area contributed by atoms with Gasteiger partial charge in [-0.25, -0.2) is 4.98 Å². The van der Waals surface area contributed by atoms with Gasteiger partial charge in [0.1, 0.15) is 0 Å². The van der Waals surface area contributed by atoms with Crippen molar-refractivity contribution < 1.29 is 0 Å². The second kappa shape index (κ2) is 8.08. The van der Waals surface area contributed by atoms with Gasteiger partial charge >= 0.3 is 0 Å². The summed E-state index contributed by atoms with van der Waals surface area (Å²) < 4.78 is 1.89. The number of likely N-dealkylation sites (tertiary alicyclic amines) is 1. The Morgan fingerprint density at radius 2 is 1.96 bits per heavy atom. The quantitative estimate of drug-likeness (QED) is 0.815. The van der Waals surface area contributed by atoms with Crippen molar-refractivity contribution in [2.45, 2.75) is 51.5 Å². The molecule has 0 spiro atoms. The molecule has 4 rings (SSSR count). The maximum Gasteiger partial charge on any atom is 0.293 e. The van der Waals surface area contributed by atoms with Crippen LogP contribution < -0.4 is 11.3 Å². The van der Waals surface area contributed by atoms with Crippen LogP contribution in [-0.2, 0) is 0 Å². The number of hydrogen-bond donors (Lipinski definition) is 1. The lowest BCUT2D eigenvalue weighted by atomic mass is 9.78. The first-order valence-corrected chi connectivity index (χ1v) is 10.7. The molecule has 2 fully saturated rings. The predicted molar refractivity (Wildman–Crippen MR) is 115 cm³/mol. The van der Waals surface area contributed by atoms with Crippen molar-refractivity contribution in [1.29, 1.82) is 0 Å². The summed E-state index contributed by atoms with van der Waals surface area (Å²) in [5, 5.41) is 0. The first kappa shape index (κ1) is 19.2. The fourth-order valence-electron chi connectivity index (χ4n) is 5.24. The van der Waals surface area contributed by atoms with Crippen molar-refractivity contribution in [3.8, 4) is 0 Å². The predicted octanol–water partition coefficient (Wildman–Crippen LogP) is 4.00. The normalized spacial score (nSPS) is 24.7.